The molecule has 2 aromatic heterocycles. The van der Waals surface area contributed by atoms with Gasteiger partial charge < -0.3 is 0 Å². The summed E-state index contributed by atoms with van der Waals surface area (Å²) in [6, 6.07) is 7.49. The van der Waals surface area contributed by atoms with Crippen molar-refractivity contribution in [3.63, 3.8) is 0 Å². The van der Waals surface area contributed by atoms with Crippen molar-refractivity contribution in [2.24, 2.45) is 0 Å². The molecule has 0 atom stereocenters. The van der Waals surface area contributed by atoms with Crippen molar-refractivity contribution < 1.29 is 0 Å². The van der Waals surface area contributed by atoms with Gasteiger partial charge in [0.25, 0.3) is 0 Å². The lowest BCUT2D eigenvalue weighted by atomic mass is 10.3. The van der Waals surface area contributed by atoms with E-state index < -0.39 is 0 Å². The van der Waals surface area contributed by atoms with E-state index in [1.165, 1.54) is 0 Å². The predicted molar refractivity (Wildman–Crippen MR) is 58.7 cm³/mol. The molecule has 0 N–H and O–H groups in total. The standard InChI is InChI=1S/C12H9N3/c1-2-8-13-11(5-1)6-3-7-12-14-9-4-10-15-12/h1-2,4-10H. The zero-order valence-corrected chi connectivity index (χ0v) is 8.04. The van der Waals surface area contributed by atoms with Crippen LogP contribution in [0.2, 0.25) is 0 Å². The van der Waals surface area contributed by atoms with Gasteiger partial charge in [0, 0.05) is 30.7 Å². The summed E-state index contributed by atoms with van der Waals surface area (Å²) in [5, 5.41) is 0. The molecule has 0 aromatic carbocycles. The van der Waals surface area contributed by atoms with Crippen LogP contribution >= 0.6 is 0 Å². The van der Waals surface area contributed by atoms with E-state index in [1.54, 1.807) is 36.8 Å². The number of hydrogen-bond donors (Lipinski definition) is 0. The average molecular weight is 195 g/mol. The first-order valence-corrected chi connectivity index (χ1v) is 4.56. The highest BCUT2D eigenvalue weighted by molar-refractivity contribution is 5.51. The molecule has 72 valence electrons. The van der Waals surface area contributed by atoms with E-state index in [1.807, 2.05) is 18.2 Å². The Morgan fingerprint density at radius 2 is 1.67 bits per heavy atom. The van der Waals surface area contributed by atoms with Gasteiger partial charge >= 0.3 is 0 Å². The molecular formula is C12H9N3. The monoisotopic (exact) mass is 195 g/mol. The molecule has 2 rings (SSSR count). The number of rotatable bonds is 2. The van der Waals surface area contributed by atoms with Crippen LogP contribution in [-0.2, 0) is 0 Å². The highest BCUT2D eigenvalue weighted by Gasteiger charge is 1.84. The minimum atomic E-state index is 0.643. The van der Waals surface area contributed by atoms with Gasteiger partial charge in [-0.15, -0.1) is 5.73 Å². The highest BCUT2D eigenvalue weighted by Crippen LogP contribution is 1.96. The fraction of sp³-hybridized carbons (Fsp3) is 0. The summed E-state index contributed by atoms with van der Waals surface area (Å²) in [6.07, 6.45) is 8.64. The van der Waals surface area contributed by atoms with Crippen molar-refractivity contribution in [3.05, 3.63) is 60.1 Å². The molecule has 0 amide bonds. The molecule has 0 fully saturated rings. The van der Waals surface area contributed by atoms with E-state index in [0.717, 1.165) is 5.69 Å². The fourth-order valence-electron chi connectivity index (χ4n) is 1.05. The largest absolute Gasteiger partial charge is 0.256 e. The van der Waals surface area contributed by atoms with Gasteiger partial charge in [-0.05, 0) is 18.2 Å². The Balaban J connectivity index is 2.16. The van der Waals surface area contributed by atoms with E-state index >= 15 is 0 Å². The molecule has 0 aliphatic rings. The van der Waals surface area contributed by atoms with E-state index in [9.17, 15) is 0 Å². The third-order valence-electron chi connectivity index (χ3n) is 1.72. The maximum atomic E-state index is 4.13. The quantitative estimate of drug-likeness (QED) is 0.689. The lowest BCUT2D eigenvalue weighted by molar-refractivity contribution is 1.13. The molecule has 0 aliphatic heterocycles. The molecule has 0 unspecified atom stereocenters. The van der Waals surface area contributed by atoms with Crippen LogP contribution in [0.1, 0.15) is 11.5 Å². The van der Waals surface area contributed by atoms with Gasteiger partial charge in [0.05, 0.1) is 5.69 Å². The molecule has 3 heteroatoms. The second-order valence-electron chi connectivity index (χ2n) is 2.82. The Bertz CT molecular complexity index is 427. The third-order valence-corrected chi connectivity index (χ3v) is 1.72. The zero-order valence-electron chi connectivity index (χ0n) is 8.04. The van der Waals surface area contributed by atoms with Crippen LogP contribution in [-0.4, -0.2) is 15.0 Å². The van der Waals surface area contributed by atoms with E-state index in [-0.39, 0.29) is 0 Å². The summed E-state index contributed by atoms with van der Waals surface area (Å²) in [5.74, 6) is 0.643. The summed E-state index contributed by atoms with van der Waals surface area (Å²) in [7, 11) is 0. The van der Waals surface area contributed by atoms with Gasteiger partial charge in [0.1, 0.15) is 0 Å². The normalized spacial score (nSPS) is 9.07. The van der Waals surface area contributed by atoms with Crippen LogP contribution in [0.4, 0.5) is 0 Å². The summed E-state index contributed by atoms with van der Waals surface area (Å²) in [6.45, 7) is 0. The molecular weight excluding hydrogens is 186 g/mol. The van der Waals surface area contributed by atoms with Crippen molar-refractivity contribution in [2.45, 2.75) is 0 Å². The minimum Gasteiger partial charge on any atom is -0.256 e. The first-order valence-electron chi connectivity index (χ1n) is 4.56. The molecule has 15 heavy (non-hydrogen) atoms. The van der Waals surface area contributed by atoms with Crippen LogP contribution in [0.5, 0.6) is 0 Å². The van der Waals surface area contributed by atoms with Crippen LogP contribution in [0.15, 0.2) is 48.6 Å². The Hall–Kier alpha value is -2.25. The van der Waals surface area contributed by atoms with Gasteiger partial charge in [-0.25, -0.2) is 9.97 Å². The zero-order chi connectivity index (χ0) is 10.3. The topological polar surface area (TPSA) is 38.7 Å². The number of aromatic nitrogens is 3. The molecule has 0 bridgehead atoms. The highest BCUT2D eigenvalue weighted by atomic mass is 14.8. The van der Waals surface area contributed by atoms with Crippen molar-refractivity contribution in [3.8, 4) is 0 Å². The molecule has 3 nitrogen and oxygen atoms in total. The van der Waals surface area contributed by atoms with Crippen LogP contribution in [0, 0.1) is 0 Å². The molecule has 2 heterocycles. The Labute approximate surface area is 87.9 Å². The van der Waals surface area contributed by atoms with E-state index in [0.29, 0.717) is 5.82 Å². The minimum absolute atomic E-state index is 0.643. The predicted octanol–water partition coefficient (Wildman–Crippen LogP) is 2.20. The SMILES string of the molecule is C(=Cc1ccccn1)=Cc1ncccn1. The molecule has 0 aliphatic carbocycles. The Kier molecular flexibility index (Phi) is 3.00. The van der Waals surface area contributed by atoms with Gasteiger partial charge in [-0.2, -0.15) is 0 Å². The lowest BCUT2D eigenvalue weighted by Gasteiger charge is -1.87. The van der Waals surface area contributed by atoms with E-state index in [4.69, 9.17) is 0 Å². The van der Waals surface area contributed by atoms with Crippen molar-refractivity contribution in [2.75, 3.05) is 0 Å². The van der Waals surface area contributed by atoms with Crippen LogP contribution in [0.25, 0.3) is 12.2 Å². The van der Waals surface area contributed by atoms with Crippen LogP contribution < -0.4 is 0 Å². The van der Waals surface area contributed by atoms with Crippen LogP contribution in [0.3, 0.4) is 0 Å². The number of nitrogens with zero attached hydrogens (tertiary/aromatic N) is 3. The fourth-order valence-corrected chi connectivity index (χ4v) is 1.05. The third kappa shape index (κ3) is 2.86. The Morgan fingerprint density at radius 3 is 2.40 bits per heavy atom. The maximum Gasteiger partial charge on any atom is 0.159 e. The first kappa shape index (κ1) is 9.31. The van der Waals surface area contributed by atoms with Crippen molar-refractivity contribution in [1.82, 2.24) is 15.0 Å². The van der Waals surface area contributed by atoms with Gasteiger partial charge in [-0.3, -0.25) is 4.98 Å². The molecule has 0 saturated carbocycles. The summed E-state index contributed by atoms with van der Waals surface area (Å²) in [4.78, 5) is 12.2. The molecule has 0 spiro atoms. The maximum absolute atomic E-state index is 4.13. The van der Waals surface area contributed by atoms with Gasteiger partial charge in [-0.1, -0.05) is 6.07 Å². The summed E-state index contributed by atoms with van der Waals surface area (Å²) >= 11 is 0. The summed E-state index contributed by atoms with van der Waals surface area (Å²) < 4.78 is 0. The van der Waals surface area contributed by atoms with Gasteiger partial charge in [0.2, 0.25) is 0 Å². The Morgan fingerprint density at radius 1 is 0.867 bits per heavy atom. The van der Waals surface area contributed by atoms with Crippen molar-refractivity contribution in [1.29, 1.82) is 0 Å². The molecule has 2 aromatic rings. The lowest BCUT2D eigenvalue weighted by Crippen LogP contribution is -1.81. The smallest absolute Gasteiger partial charge is 0.159 e. The second kappa shape index (κ2) is 4.84. The van der Waals surface area contributed by atoms with Gasteiger partial charge in [0.15, 0.2) is 5.82 Å². The first-order chi connectivity index (χ1) is 7.45. The number of hydrogen-bond acceptors (Lipinski definition) is 3. The van der Waals surface area contributed by atoms with Crippen molar-refractivity contribution >= 4 is 12.2 Å². The number of pyridine rings is 1. The second-order valence-corrected chi connectivity index (χ2v) is 2.82. The average Bonchev–Trinajstić information content (AvgIpc) is 2.32. The molecule has 0 saturated heterocycles. The summed E-state index contributed by atoms with van der Waals surface area (Å²) in [5.41, 5.74) is 3.85. The molecule has 0 radical (unpaired) electrons. The van der Waals surface area contributed by atoms with E-state index in [2.05, 4.69) is 20.7 Å².